The van der Waals surface area contributed by atoms with Crippen LogP contribution in [0.25, 0.3) is 0 Å². The molecule has 0 aromatic heterocycles. The molecule has 0 bridgehead atoms. The van der Waals surface area contributed by atoms with E-state index in [9.17, 15) is 4.79 Å². The summed E-state index contributed by atoms with van der Waals surface area (Å²) in [6.07, 6.45) is 5.61. The van der Waals surface area contributed by atoms with Crippen molar-refractivity contribution in [3.8, 4) is 0 Å². The highest BCUT2D eigenvalue weighted by atomic mass is 16.1. The number of Topliss-reactive ketones (excluding diaryl/α,β-unsaturated/α-hetero) is 1. The summed E-state index contributed by atoms with van der Waals surface area (Å²) >= 11 is 0. The summed E-state index contributed by atoms with van der Waals surface area (Å²) in [6, 6.07) is 0. The van der Waals surface area contributed by atoms with Gasteiger partial charge in [-0.1, -0.05) is 36.4 Å². The van der Waals surface area contributed by atoms with E-state index in [0.717, 1.165) is 12.0 Å². The Labute approximate surface area is 80.6 Å². The lowest BCUT2D eigenvalue weighted by Crippen LogP contribution is -1.97. The second-order valence-corrected chi connectivity index (χ2v) is 3.40. The van der Waals surface area contributed by atoms with E-state index in [1.165, 1.54) is 0 Å². The molecule has 1 rings (SSSR count). The van der Waals surface area contributed by atoms with Crippen LogP contribution in [0.3, 0.4) is 0 Å². The Kier molecular flexibility index (Phi) is 3.29. The van der Waals surface area contributed by atoms with Crippen molar-refractivity contribution in [3.63, 3.8) is 0 Å². The van der Waals surface area contributed by atoms with Crippen LogP contribution in [0.2, 0.25) is 0 Å². The molecular formula is C11H13BO. The summed E-state index contributed by atoms with van der Waals surface area (Å²) < 4.78 is 0. The lowest BCUT2D eigenvalue weighted by Gasteiger charge is -2.08. The third-order valence-corrected chi connectivity index (χ3v) is 2.36. The number of rotatable bonds is 3. The Morgan fingerprint density at radius 2 is 2.31 bits per heavy atom. The van der Waals surface area contributed by atoms with Crippen molar-refractivity contribution < 1.29 is 4.79 Å². The number of allylic oxidation sites excluding steroid dienone is 4. The molecule has 1 fully saturated rings. The molecule has 0 amide bonds. The second kappa shape index (κ2) is 4.26. The molecule has 1 aliphatic carbocycles. The van der Waals surface area contributed by atoms with Crippen LogP contribution < -0.4 is 0 Å². The van der Waals surface area contributed by atoms with Crippen LogP contribution in [-0.4, -0.2) is 13.6 Å². The van der Waals surface area contributed by atoms with Gasteiger partial charge < -0.3 is 0 Å². The maximum Gasteiger partial charge on any atom is 0.133 e. The fraction of sp³-hybridized carbons (Fsp3) is 0.364. The first-order valence-electron chi connectivity index (χ1n) is 4.43. The summed E-state index contributed by atoms with van der Waals surface area (Å²) in [5.41, 5.74) is 1.56. The highest BCUT2D eigenvalue weighted by Gasteiger charge is 2.22. The fourth-order valence-corrected chi connectivity index (χ4v) is 1.52. The summed E-state index contributed by atoms with van der Waals surface area (Å²) in [5.74, 6) is 0.628. The Morgan fingerprint density at radius 3 is 2.77 bits per heavy atom. The van der Waals surface area contributed by atoms with E-state index < -0.39 is 0 Å². The van der Waals surface area contributed by atoms with Gasteiger partial charge in [-0.3, -0.25) is 4.79 Å². The zero-order chi connectivity index (χ0) is 9.84. The zero-order valence-corrected chi connectivity index (χ0v) is 7.75. The van der Waals surface area contributed by atoms with Crippen molar-refractivity contribution in [2.75, 3.05) is 0 Å². The predicted octanol–water partition coefficient (Wildman–Crippen LogP) is 2.15. The van der Waals surface area contributed by atoms with Gasteiger partial charge in [-0.15, -0.1) is 0 Å². The molecule has 1 aliphatic rings. The maximum absolute atomic E-state index is 11.0. The monoisotopic (exact) mass is 172 g/mol. The molecule has 1 nitrogen and oxygen atoms in total. The van der Waals surface area contributed by atoms with Gasteiger partial charge in [-0.05, 0) is 12.3 Å². The van der Waals surface area contributed by atoms with Crippen LogP contribution in [0.4, 0.5) is 0 Å². The van der Waals surface area contributed by atoms with Crippen LogP contribution in [0, 0.1) is 5.92 Å². The van der Waals surface area contributed by atoms with Crippen molar-refractivity contribution in [2.24, 2.45) is 5.92 Å². The Balaban J connectivity index is 2.58. The first-order valence-corrected chi connectivity index (χ1v) is 4.43. The largest absolute Gasteiger partial charge is 0.300 e. The third kappa shape index (κ3) is 2.73. The lowest BCUT2D eigenvalue weighted by molar-refractivity contribution is -0.117. The highest BCUT2D eigenvalue weighted by molar-refractivity contribution is 6.23. The minimum Gasteiger partial charge on any atom is -0.300 e. The Morgan fingerprint density at radius 1 is 1.62 bits per heavy atom. The average Bonchev–Trinajstić information content (AvgIpc) is 2.51. The molecule has 0 saturated heterocycles. The van der Waals surface area contributed by atoms with Gasteiger partial charge in [0.25, 0.3) is 0 Å². The number of carbonyl (C=O) groups excluding carboxylic acids is 1. The minimum atomic E-state index is 0.297. The van der Waals surface area contributed by atoms with Gasteiger partial charge in [-0.2, -0.15) is 0 Å². The van der Waals surface area contributed by atoms with Gasteiger partial charge in [0, 0.05) is 12.8 Å². The van der Waals surface area contributed by atoms with Crippen LogP contribution in [0.5, 0.6) is 0 Å². The van der Waals surface area contributed by atoms with Gasteiger partial charge >= 0.3 is 0 Å². The predicted molar refractivity (Wildman–Crippen MR) is 55.5 cm³/mol. The summed E-state index contributed by atoms with van der Waals surface area (Å²) in [7, 11) is 5.57. The van der Waals surface area contributed by atoms with E-state index in [1.807, 2.05) is 0 Å². The molecule has 0 heterocycles. The smallest absolute Gasteiger partial charge is 0.133 e. The number of hydrogen-bond acceptors (Lipinski definition) is 1. The van der Waals surface area contributed by atoms with E-state index >= 15 is 0 Å². The van der Waals surface area contributed by atoms with E-state index in [1.54, 1.807) is 12.2 Å². The molecule has 0 aromatic carbocycles. The fourth-order valence-electron chi connectivity index (χ4n) is 1.52. The minimum absolute atomic E-state index is 0.297. The van der Waals surface area contributed by atoms with Crippen LogP contribution in [0.15, 0.2) is 36.4 Å². The molecule has 1 saturated carbocycles. The standard InChI is InChI=1S/C11H13BO/c1-3-10(12)6-8(2)9-4-5-11(13)7-9/h3,6,9H,1-2,4-5,7H2/b10-6+. The molecule has 1 atom stereocenters. The Bertz CT molecular complexity index is 276. The third-order valence-electron chi connectivity index (χ3n) is 2.36. The highest BCUT2D eigenvalue weighted by Crippen LogP contribution is 2.28. The molecule has 0 N–H and O–H groups in total. The average molecular weight is 172 g/mol. The Hall–Kier alpha value is -1.05. The molecule has 13 heavy (non-hydrogen) atoms. The normalized spacial score (nSPS) is 23.2. The number of ketones is 1. The van der Waals surface area contributed by atoms with Crippen LogP contribution >= 0.6 is 0 Å². The van der Waals surface area contributed by atoms with Gasteiger partial charge in [0.1, 0.15) is 13.6 Å². The molecule has 2 radical (unpaired) electrons. The molecule has 66 valence electrons. The van der Waals surface area contributed by atoms with E-state index in [2.05, 4.69) is 13.2 Å². The summed E-state index contributed by atoms with van der Waals surface area (Å²) in [4.78, 5) is 11.0. The summed E-state index contributed by atoms with van der Waals surface area (Å²) in [5, 5.41) is 0. The zero-order valence-electron chi connectivity index (χ0n) is 7.75. The van der Waals surface area contributed by atoms with Gasteiger partial charge in [0.05, 0.1) is 0 Å². The van der Waals surface area contributed by atoms with Crippen molar-refractivity contribution in [1.29, 1.82) is 0 Å². The van der Waals surface area contributed by atoms with E-state index in [-0.39, 0.29) is 0 Å². The quantitative estimate of drug-likeness (QED) is 0.470. The first-order chi connectivity index (χ1) is 6.13. The van der Waals surface area contributed by atoms with Crippen molar-refractivity contribution in [1.82, 2.24) is 0 Å². The molecular weight excluding hydrogens is 159 g/mol. The summed E-state index contributed by atoms with van der Waals surface area (Å²) in [6.45, 7) is 7.46. The van der Waals surface area contributed by atoms with Gasteiger partial charge in [0.15, 0.2) is 0 Å². The van der Waals surface area contributed by atoms with Crippen molar-refractivity contribution in [3.05, 3.63) is 36.4 Å². The SMILES string of the molecule is [B]/C(C=C)=C/C(=C)C1CCC(=O)C1. The topological polar surface area (TPSA) is 17.1 Å². The van der Waals surface area contributed by atoms with Gasteiger partial charge in [0.2, 0.25) is 0 Å². The van der Waals surface area contributed by atoms with Crippen molar-refractivity contribution in [2.45, 2.75) is 19.3 Å². The lowest BCUT2D eigenvalue weighted by atomic mass is 9.89. The molecule has 0 spiro atoms. The van der Waals surface area contributed by atoms with Crippen LogP contribution in [-0.2, 0) is 4.79 Å². The molecule has 0 aromatic rings. The van der Waals surface area contributed by atoms with E-state index in [4.69, 9.17) is 7.85 Å². The second-order valence-electron chi connectivity index (χ2n) is 3.40. The maximum atomic E-state index is 11.0. The van der Waals surface area contributed by atoms with Gasteiger partial charge in [-0.25, -0.2) is 0 Å². The number of hydrogen-bond donors (Lipinski definition) is 0. The molecule has 0 aliphatic heterocycles. The van der Waals surface area contributed by atoms with E-state index in [0.29, 0.717) is 30.0 Å². The molecule has 2 heteroatoms. The van der Waals surface area contributed by atoms with Crippen LogP contribution in [0.1, 0.15) is 19.3 Å². The molecule has 1 unspecified atom stereocenters. The van der Waals surface area contributed by atoms with Crippen molar-refractivity contribution >= 4 is 13.6 Å². The first kappa shape index (κ1) is 10.0. The number of carbonyl (C=O) groups is 1.